The van der Waals surface area contributed by atoms with E-state index in [1.165, 1.54) is 6.42 Å². The first kappa shape index (κ1) is 15.2. The maximum absolute atomic E-state index is 5.56. The lowest BCUT2D eigenvalue weighted by molar-refractivity contribution is 0.103. The second-order valence-electron chi connectivity index (χ2n) is 5.07. The first-order valence-electron chi connectivity index (χ1n) is 7.01. The van der Waals surface area contributed by atoms with Gasteiger partial charge in [0, 0.05) is 32.3 Å². The maximum Gasteiger partial charge on any atom is 0.0950 e. The van der Waals surface area contributed by atoms with Crippen LogP contribution in [0.2, 0.25) is 0 Å². The van der Waals surface area contributed by atoms with E-state index in [1.807, 2.05) is 6.33 Å². The summed E-state index contributed by atoms with van der Waals surface area (Å²) in [6.45, 7) is 11.1. The van der Waals surface area contributed by atoms with Crippen molar-refractivity contribution in [3.8, 4) is 0 Å². The third-order valence-electron chi connectivity index (χ3n) is 2.62. The molecule has 0 saturated carbocycles. The van der Waals surface area contributed by atoms with Gasteiger partial charge in [-0.3, -0.25) is 0 Å². The molecule has 0 aliphatic carbocycles. The third-order valence-corrected chi connectivity index (χ3v) is 2.62. The highest BCUT2D eigenvalue weighted by atomic mass is 16.5. The van der Waals surface area contributed by atoms with Crippen LogP contribution in [0.3, 0.4) is 0 Å². The molecule has 1 rings (SSSR count). The fraction of sp³-hybridized carbons (Fsp3) is 0.786. The molecule has 4 nitrogen and oxygen atoms in total. The Bertz CT molecular complexity index is 310. The van der Waals surface area contributed by atoms with Crippen LogP contribution >= 0.6 is 0 Å². The molecule has 0 radical (unpaired) electrons. The standard InChI is InChI=1S/C14H27N3O/c1-4-6-15-7-5-14-10-17(12-16-14)8-9-18-11-13(2)3/h10,12-13,15H,4-9,11H2,1-3H3. The molecule has 0 aliphatic heterocycles. The topological polar surface area (TPSA) is 39.1 Å². The number of aromatic nitrogens is 2. The molecule has 0 spiro atoms. The van der Waals surface area contributed by atoms with Crippen molar-refractivity contribution in [2.75, 3.05) is 26.3 Å². The third kappa shape index (κ3) is 6.77. The number of hydrogen-bond donors (Lipinski definition) is 1. The maximum atomic E-state index is 5.56. The molecular formula is C14H27N3O. The van der Waals surface area contributed by atoms with Crippen LogP contribution in [0.15, 0.2) is 12.5 Å². The molecule has 0 atom stereocenters. The van der Waals surface area contributed by atoms with E-state index in [-0.39, 0.29) is 0 Å². The Balaban J connectivity index is 2.13. The van der Waals surface area contributed by atoms with Crippen molar-refractivity contribution < 1.29 is 4.74 Å². The average molecular weight is 253 g/mol. The first-order chi connectivity index (χ1) is 8.72. The van der Waals surface area contributed by atoms with E-state index in [0.29, 0.717) is 5.92 Å². The number of ether oxygens (including phenoxy) is 1. The average Bonchev–Trinajstić information content (AvgIpc) is 2.78. The van der Waals surface area contributed by atoms with Crippen LogP contribution < -0.4 is 5.32 Å². The zero-order valence-corrected chi connectivity index (χ0v) is 12.0. The summed E-state index contributed by atoms with van der Waals surface area (Å²) in [5.74, 6) is 0.605. The van der Waals surface area contributed by atoms with Crippen molar-refractivity contribution in [3.05, 3.63) is 18.2 Å². The molecule has 0 aliphatic rings. The minimum absolute atomic E-state index is 0.605. The second-order valence-corrected chi connectivity index (χ2v) is 5.07. The fourth-order valence-corrected chi connectivity index (χ4v) is 1.67. The van der Waals surface area contributed by atoms with Gasteiger partial charge in [0.25, 0.3) is 0 Å². The van der Waals surface area contributed by atoms with Crippen LogP contribution in [0.5, 0.6) is 0 Å². The van der Waals surface area contributed by atoms with Gasteiger partial charge in [-0.1, -0.05) is 20.8 Å². The van der Waals surface area contributed by atoms with Gasteiger partial charge in [0.1, 0.15) is 0 Å². The van der Waals surface area contributed by atoms with Crippen LogP contribution in [-0.4, -0.2) is 35.9 Å². The number of imidazole rings is 1. The molecule has 18 heavy (non-hydrogen) atoms. The van der Waals surface area contributed by atoms with Crippen molar-refractivity contribution in [3.63, 3.8) is 0 Å². The van der Waals surface area contributed by atoms with Crippen molar-refractivity contribution in [2.45, 2.75) is 40.2 Å². The van der Waals surface area contributed by atoms with E-state index >= 15 is 0 Å². The van der Waals surface area contributed by atoms with Gasteiger partial charge in [-0.05, 0) is 18.9 Å². The van der Waals surface area contributed by atoms with Crippen LogP contribution in [0.4, 0.5) is 0 Å². The highest BCUT2D eigenvalue weighted by Crippen LogP contribution is 1.98. The highest BCUT2D eigenvalue weighted by molar-refractivity contribution is 4.97. The summed E-state index contributed by atoms with van der Waals surface area (Å²) < 4.78 is 7.67. The molecule has 0 amide bonds. The molecule has 1 N–H and O–H groups in total. The molecular weight excluding hydrogens is 226 g/mol. The Hall–Kier alpha value is -0.870. The number of rotatable bonds is 10. The predicted octanol–water partition coefficient (Wildman–Crippen LogP) is 2.10. The SMILES string of the molecule is CCCNCCc1cn(CCOCC(C)C)cn1. The van der Waals surface area contributed by atoms with Gasteiger partial charge in [-0.15, -0.1) is 0 Å². The summed E-state index contributed by atoms with van der Waals surface area (Å²) in [6.07, 6.45) is 6.20. The van der Waals surface area contributed by atoms with Gasteiger partial charge in [0.2, 0.25) is 0 Å². The van der Waals surface area contributed by atoms with E-state index in [4.69, 9.17) is 4.74 Å². The minimum atomic E-state index is 0.605. The summed E-state index contributed by atoms with van der Waals surface area (Å²) >= 11 is 0. The molecule has 0 bridgehead atoms. The smallest absolute Gasteiger partial charge is 0.0950 e. The van der Waals surface area contributed by atoms with Gasteiger partial charge in [-0.25, -0.2) is 4.98 Å². The van der Waals surface area contributed by atoms with Crippen molar-refractivity contribution in [1.29, 1.82) is 0 Å². The van der Waals surface area contributed by atoms with Gasteiger partial charge in [0.15, 0.2) is 0 Å². The van der Waals surface area contributed by atoms with E-state index < -0.39 is 0 Å². The van der Waals surface area contributed by atoms with E-state index in [9.17, 15) is 0 Å². The van der Waals surface area contributed by atoms with Crippen molar-refractivity contribution >= 4 is 0 Å². The quantitative estimate of drug-likeness (QED) is 0.649. The first-order valence-corrected chi connectivity index (χ1v) is 7.01. The predicted molar refractivity (Wildman–Crippen MR) is 74.7 cm³/mol. The largest absolute Gasteiger partial charge is 0.379 e. The van der Waals surface area contributed by atoms with Crippen LogP contribution in [-0.2, 0) is 17.7 Å². The molecule has 1 heterocycles. The Morgan fingerprint density at radius 2 is 2.22 bits per heavy atom. The highest BCUT2D eigenvalue weighted by Gasteiger charge is 1.99. The van der Waals surface area contributed by atoms with Crippen LogP contribution in [0.25, 0.3) is 0 Å². The van der Waals surface area contributed by atoms with Crippen LogP contribution in [0.1, 0.15) is 32.9 Å². The van der Waals surface area contributed by atoms with E-state index in [1.54, 1.807) is 0 Å². The molecule has 0 aromatic carbocycles. The molecule has 1 aromatic heterocycles. The zero-order valence-electron chi connectivity index (χ0n) is 12.0. The lowest BCUT2D eigenvalue weighted by Gasteiger charge is -2.06. The monoisotopic (exact) mass is 253 g/mol. The van der Waals surface area contributed by atoms with Gasteiger partial charge < -0.3 is 14.6 Å². The Kier molecular flexibility index (Phi) is 7.69. The lowest BCUT2D eigenvalue weighted by Crippen LogP contribution is -2.17. The molecule has 0 saturated heterocycles. The number of hydrogen-bond acceptors (Lipinski definition) is 3. The van der Waals surface area contributed by atoms with E-state index in [2.05, 4.69) is 41.8 Å². The van der Waals surface area contributed by atoms with Crippen molar-refractivity contribution in [2.24, 2.45) is 5.92 Å². The molecule has 4 heteroatoms. The molecule has 0 unspecified atom stereocenters. The summed E-state index contributed by atoms with van der Waals surface area (Å²) in [7, 11) is 0. The normalized spacial score (nSPS) is 11.3. The minimum Gasteiger partial charge on any atom is -0.379 e. The van der Waals surface area contributed by atoms with Gasteiger partial charge >= 0.3 is 0 Å². The summed E-state index contributed by atoms with van der Waals surface area (Å²) in [5.41, 5.74) is 1.16. The summed E-state index contributed by atoms with van der Waals surface area (Å²) in [5, 5.41) is 3.38. The number of nitrogens with zero attached hydrogens (tertiary/aromatic N) is 2. The molecule has 0 fully saturated rings. The van der Waals surface area contributed by atoms with Gasteiger partial charge in [0.05, 0.1) is 18.6 Å². The van der Waals surface area contributed by atoms with Crippen molar-refractivity contribution in [1.82, 2.24) is 14.9 Å². The Morgan fingerprint density at radius 1 is 1.39 bits per heavy atom. The summed E-state index contributed by atoms with van der Waals surface area (Å²) in [4.78, 5) is 4.40. The zero-order chi connectivity index (χ0) is 13.2. The number of nitrogens with one attached hydrogen (secondary N) is 1. The fourth-order valence-electron chi connectivity index (χ4n) is 1.67. The van der Waals surface area contributed by atoms with Gasteiger partial charge in [-0.2, -0.15) is 0 Å². The second kappa shape index (κ2) is 9.11. The Labute approximate surface area is 111 Å². The summed E-state index contributed by atoms with van der Waals surface area (Å²) in [6, 6.07) is 0. The van der Waals surface area contributed by atoms with Crippen LogP contribution in [0, 0.1) is 5.92 Å². The van der Waals surface area contributed by atoms with E-state index in [0.717, 1.165) is 45.0 Å². The Morgan fingerprint density at radius 3 is 2.94 bits per heavy atom. The lowest BCUT2D eigenvalue weighted by atomic mass is 10.2. The molecule has 1 aromatic rings. The molecule has 104 valence electrons.